The van der Waals surface area contributed by atoms with Gasteiger partial charge >= 0.3 is 0 Å². The lowest BCUT2D eigenvalue weighted by Crippen LogP contribution is -2.58. The van der Waals surface area contributed by atoms with Crippen molar-refractivity contribution < 1.29 is 39.4 Å². The molecule has 0 bridgehead atoms. The number of aromatic hydroxyl groups is 2. The Bertz CT molecular complexity index is 1120. The van der Waals surface area contributed by atoms with Gasteiger partial charge in [0.2, 0.25) is 6.29 Å². The molecule has 2 aromatic carbocycles. The third-order valence-corrected chi connectivity index (χ3v) is 4.99. The van der Waals surface area contributed by atoms with Gasteiger partial charge in [0.15, 0.2) is 5.43 Å². The Balaban J connectivity index is 1.59. The monoisotopic (exact) mass is 416 g/mol. The summed E-state index contributed by atoms with van der Waals surface area (Å²) in [4.78, 5) is 12.3. The molecule has 0 unspecified atom stereocenters. The molecule has 9 nitrogen and oxygen atoms in total. The highest BCUT2D eigenvalue weighted by Crippen LogP contribution is 2.31. The van der Waals surface area contributed by atoms with Gasteiger partial charge in [-0.15, -0.1) is 0 Å². The maximum atomic E-state index is 12.3. The lowest BCUT2D eigenvalue weighted by Gasteiger charge is -2.38. The predicted octanol–water partition coefficient (Wildman–Crippen LogP) is 1.08. The molecule has 0 saturated carbocycles. The second kappa shape index (κ2) is 7.62. The van der Waals surface area contributed by atoms with Crippen LogP contribution in [0.25, 0.3) is 22.3 Å². The molecule has 0 radical (unpaired) electrons. The van der Waals surface area contributed by atoms with Gasteiger partial charge in [-0.1, -0.05) is 0 Å². The number of hydrogen-bond acceptors (Lipinski definition) is 9. The van der Waals surface area contributed by atoms with Gasteiger partial charge in [-0.25, -0.2) is 0 Å². The number of benzene rings is 2. The average Bonchev–Trinajstić information content (AvgIpc) is 2.70. The minimum atomic E-state index is -1.44. The van der Waals surface area contributed by atoms with Crippen molar-refractivity contribution in [1.29, 1.82) is 0 Å². The number of aliphatic hydroxyl groups is 3. The molecule has 9 heteroatoms. The maximum absolute atomic E-state index is 12.3. The summed E-state index contributed by atoms with van der Waals surface area (Å²) in [5.41, 5.74) is 0.0954. The van der Waals surface area contributed by atoms with Crippen LogP contribution < -0.4 is 10.2 Å². The van der Waals surface area contributed by atoms with Gasteiger partial charge in [0.25, 0.3) is 0 Å². The van der Waals surface area contributed by atoms with Gasteiger partial charge in [-0.05, 0) is 31.2 Å². The van der Waals surface area contributed by atoms with E-state index in [4.69, 9.17) is 13.9 Å². The molecule has 1 aliphatic heterocycles. The highest BCUT2D eigenvalue weighted by Gasteiger charge is 2.43. The Morgan fingerprint density at radius 1 is 0.933 bits per heavy atom. The number of ether oxygens (including phenoxy) is 2. The van der Waals surface area contributed by atoms with Crippen molar-refractivity contribution in [2.75, 3.05) is 0 Å². The third-order valence-electron chi connectivity index (χ3n) is 4.99. The van der Waals surface area contributed by atoms with Crippen LogP contribution >= 0.6 is 0 Å². The second-order valence-corrected chi connectivity index (χ2v) is 7.14. The summed E-state index contributed by atoms with van der Waals surface area (Å²) in [5, 5.41) is 49.1. The lowest BCUT2D eigenvalue weighted by molar-refractivity contribution is -0.268. The Morgan fingerprint density at radius 3 is 2.33 bits per heavy atom. The second-order valence-electron chi connectivity index (χ2n) is 7.14. The van der Waals surface area contributed by atoms with Crippen molar-refractivity contribution in [3.05, 3.63) is 52.7 Å². The SMILES string of the molecule is C[C@@H]1O[C@@H](Oc2ccc(-c3cc(=O)c4c(O)cc(O)cc4o3)cc2)[C@H](O)[C@H](O)[C@H]1O. The fourth-order valence-corrected chi connectivity index (χ4v) is 3.34. The molecule has 3 aromatic rings. The molecule has 0 aliphatic carbocycles. The van der Waals surface area contributed by atoms with E-state index >= 15 is 0 Å². The van der Waals surface area contributed by atoms with Crippen molar-refractivity contribution >= 4 is 11.0 Å². The normalized spacial score (nSPS) is 26.6. The van der Waals surface area contributed by atoms with Crippen molar-refractivity contribution in [3.8, 4) is 28.6 Å². The van der Waals surface area contributed by atoms with E-state index in [1.165, 1.54) is 12.1 Å². The lowest BCUT2D eigenvalue weighted by atomic mass is 10.00. The van der Waals surface area contributed by atoms with Gasteiger partial charge in [-0.3, -0.25) is 4.79 Å². The first-order valence-electron chi connectivity index (χ1n) is 9.21. The molecule has 30 heavy (non-hydrogen) atoms. The van der Waals surface area contributed by atoms with Crippen LogP contribution in [0, 0.1) is 0 Å². The van der Waals surface area contributed by atoms with Gasteiger partial charge in [0, 0.05) is 23.8 Å². The van der Waals surface area contributed by atoms with Crippen LogP contribution in [0.2, 0.25) is 0 Å². The summed E-state index contributed by atoms with van der Waals surface area (Å²) < 4.78 is 16.6. The zero-order valence-electron chi connectivity index (χ0n) is 15.8. The molecule has 0 amide bonds. The maximum Gasteiger partial charge on any atom is 0.229 e. The highest BCUT2D eigenvalue weighted by atomic mass is 16.7. The molecular formula is C21H20O9. The first-order valence-corrected chi connectivity index (χ1v) is 9.21. The average molecular weight is 416 g/mol. The van der Waals surface area contributed by atoms with Gasteiger partial charge < -0.3 is 39.4 Å². The molecule has 1 saturated heterocycles. The molecule has 1 aliphatic rings. The molecule has 158 valence electrons. The van der Waals surface area contributed by atoms with Crippen LogP contribution in [0.3, 0.4) is 0 Å². The van der Waals surface area contributed by atoms with Crippen LogP contribution in [-0.4, -0.2) is 56.2 Å². The number of phenols is 2. The molecule has 5 N–H and O–H groups in total. The summed E-state index contributed by atoms with van der Waals surface area (Å²) in [7, 11) is 0. The van der Waals surface area contributed by atoms with Gasteiger partial charge in [-0.2, -0.15) is 0 Å². The standard InChI is InChI=1S/C21H20O9/c1-9-18(25)19(26)20(27)21(28-9)29-12-4-2-10(3-5-12)15-8-14(24)17-13(23)6-11(22)7-16(17)30-15/h2-9,18-23,25-27H,1H3/t9-,18-,19+,20+,21-/m0/s1. The zero-order valence-corrected chi connectivity index (χ0v) is 15.8. The molecule has 1 fully saturated rings. The van der Waals surface area contributed by atoms with Crippen molar-refractivity contribution in [3.63, 3.8) is 0 Å². The number of rotatable bonds is 3. The molecule has 5 atom stereocenters. The van der Waals surface area contributed by atoms with Crippen LogP contribution in [0.4, 0.5) is 0 Å². The van der Waals surface area contributed by atoms with Crippen LogP contribution in [0.5, 0.6) is 17.2 Å². The zero-order chi connectivity index (χ0) is 21.6. The predicted molar refractivity (Wildman–Crippen MR) is 104 cm³/mol. The van der Waals surface area contributed by atoms with Gasteiger partial charge in [0.05, 0.1) is 6.10 Å². The van der Waals surface area contributed by atoms with Crippen molar-refractivity contribution in [2.45, 2.75) is 37.6 Å². The van der Waals surface area contributed by atoms with E-state index in [1.54, 1.807) is 31.2 Å². The third kappa shape index (κ3) is 3.59. The molecule has 1 aromatic heterocycles. The van der Waals surface area contributed by atoms with E-state index in [0.717, 1.165) is 6.07 Å². The minimum Gasteiger partial charge on any atom is -0.508 e. The molecule has 4 rings (SSSR count). The molecular weight excluding hydrogens is 396 g/mol. The Morgan fingerprint density at radius 2 is 1.63 bits per heavy atom. The fraction of sp³-hybridized carbons (Fsp3) is 0.286. The summed E-state index contributed by atoms with van der Waals surface area (Å²) in [6.07, 6.45) is -5.97. The van der Waals surface area contributed by atoms with E-state index in [9.17, 15) is 30.3 Å². The number of phenolic OH excluding ortho intramolecular Hbond substituents is 2. The Kier molecular flexibility index (Phi) is 5.12. The summed E-state index contributed by atoms with van der Waals surface area (Å²) in [5.74, 6) is -0.0829. The van der Waals surface area contributed by atoms with Crippen LogP contribution in [-0.2, 0) is 4.74 Å². The van der Waals surface area contributed by atoms with E-state index in [-0.39, 0.29) is 28.2 Å². The first kappa shape index (κ1) is 20.2. The number of fused-ring (bicyclic) bond motifs is 1. The largest absolute Gasteiger partial charge is 0.508 e. The smallest absolute Gasteiger partial charge is 0.229 e. The van der Waals surface area contributed by atoms with Crippen LogP contribution in [0.15, 0.2) is 51.7 Å². The quantitative estimate of drug-likeness (QED) is 0.423. The minimum absolute atomic E-state index is 0.0326. The summed E-state index contributed by atoms with van der Waals surface area (Å²) in [6.45, 7) is 1.55. The Hall–Kier alpha value is -3.11. The van der Waals surface area contributed by atoms with E-state index < -0.39 is 36.1 Å². The molecule has 0 spiro atoms. The Labute approximate surface area is 170 Å². The molecule has 2 heterocycles. The topological polar surface area (TPSA) is 150 Å². The first-order chi connectivity index (χ1) is 14.2. The highest BCUT2D eigenvalue weighted by molar-refractivity contribution is 5.86. The van der Waals surface area contributed by atoms with E-state index in [0.29, 0.717) is 11.3 Å². The van der Waals surface area contributed by atoms with E-state index in [2.05, 4.69) is 0 Å². The van der Waals surface area contributed by atoms with Gasteiger partial charge in [0.1, 0.15) is 52.3 Å². The van der Waals surface area contributed by atoms with E-state index in [1.807, 2.05) is 0 Å². The van der Waals surface area contributed by atoms with Crippen LogP contribution in [0.1, 0.15) is 6.92 Å². The number of hydrogen-bond donors (Lipinski definition) is 5. The summed E-state index contributed by atoms with van der Waals surface area (Å²) in [6, 6.07) is 9.83. The van der Waals surface area contributed by atoms with Crippen molar-refractivity contribution in [1.82, 2.24) is 0 Å². The fourth-order valence-electron chi connectivity index (χ4n) is 3.34. The van der Waals surface area contributed by atoms with Crippen molar-refractivity contribution in [2.24, 2.45) is 0 Å². The number of aliphatic hydroxyl groups excluding tert-OH is 3. The summed E-state index contributed by atoms with van der Waals surface area (Å²) >= 11 is 0.